The Labute approximate surface area is 191 Å². The lowest BCUT2D eigenvalue weighted by atomic mass is 9.84. The van der Waals surface area contributed by atoms with Crippen LogP contribution in [0.1, 0.15) is 62.9 Å². The second kappa shape index (κ2) is 10.7. The second-order valence-electron chi connectivity index (χ2n) is 8.87. The molecule has 1 aromatic carbocycles. The van der Waals surface area contributed by atoms with E-state index in [1.807, 2.05) is 13.0 Å². The fourth-order valence-electron chi connectivity index (χ4n) is 5.06. The van der Waals surface area contributed by atoms with E-state index in [9.17, 15) is 9.59 Å². The first-order chi connectivity index (χ1) is 14.8. The van der Waals surface area contributed by atoms with Crippen LogP contribution in [0.2, 0.25) is 5.02 Å². The van der Waals surface area contributed by atoms with Crippen LogP contribution < -0.4 is 15.5 Å². The highest BCUT2D eigenvalue weighted by Gasteiger charge is 2.32. The number of halogens is 1. The van der Waals surface area contributed by atoms with Crippen molar-refractivity contribution < 1.29 is 14.3 Å². The maximum atomic E-state index is 13.2. The van der Waals surface area contributed by atoms with E-state index in [0.29, 0.717) is 23.2 Å². The minimum atomic E-state index is -0.210. The summed E-state index contributed by atoms with van der Waals surface area (Å²) in [5.41, 5.74) is 2.64. The molecule has 2 fully saturated rings. The molecule has 1 aromatic rings. The van der Waals surface area contributed by atoms with Gasteiger partial charge in [0, 0.05) is 54.7 Å². The van der Waals surface area contributed by atoms with Crippen molar-refractivity contribution in [2.45, 2.75) is 65.5 Å². The molecular formula is C24H36ClN3O3. The number of ether oxygens (including phenoxy) is 1. The van der Waals surface area contributed by atoms with E-state index < -0.39 is 0 Å². The maximum Gasteiger partial charge on any atom is 0.251 e. The van der Waals surface area contributed by atoms with Gasteiger partial charge in [0.15, 0.2) is 0 Å². The number of carbonyl (C=O) groups excluding carboxylic acids is 2. The zero-order valence-electron chi connectivity index (χ0n) is 19.2. The predicted molar refractivity (Wildman–Crippen MR) is 125 cm³/mol. The van der Waals surface area contributed by atoms with Gasteiger partial charge in [-0.1, -0.05) is 25.4 Å². The van der Waals surface area contributed by atoms with Gasteiger partial charge in [-0.25, -0.2) is 0 Å². The molecule has 6 nitrogen and oxygen atoms in total. The summed E-state index contributed by atoms with van der Waals surface area (Å²) in [4.78, 5) is 28.0. The van der Waals surface area contributed by atoms with Crippen LogP contribution >= 0.6 is 11.6 Å². The third-order valence-corrected chi connectivity index (χ3v) is 6.91. The highest BCUT2D eigenvalue weighted by Crippen LogP contribution is 2.33. The standard InChI is InChI=1S/C24H36ClN3O3/c1-5-19-20(23(29)26-14-21-15(3)11-16(4)27-24(21)30)12-17(25)13-22(19)28(6-2)18-7-9-31-10-8-18/h12-13,15-16,18,21H,5-11,14H2,1-4H3,(H,26,29)(H,27,30). The van der Waals surface area contributed by atoms with Crippen molar-refractivity contribution in [2.24, 2.45) is 11.8 Å². The minimum Gasteiger partial charge on any atom is -0.381 e. The predicted octanol–water partition coefficient (Wildman–Crippen LogP) is 3.80. The largest absolute Gasteiger partial charge is 0.381 e. The van der Waals surface area contributed by atoms with E-state index in [-0.39, 0.29) is 29.7 Å². The quantitative estimate of drug-likeness (QED) is 0.664. The summed E-state index contributed by atoms with van der Waals surface area (Å²) in [5.74, 6) is -0.125. The molecule has 3 rings (SSSR count). The summed E-state index contributed by atoms with van der Waals surface area (Å²) in [5, 5.41) is 6.56. The van der Waals surface area contributed by atoms with E-state index in [2.05, 4.69) is 36.3 Å². The number of anilines is 1. The first kappa shape index (κ1) is 23.9. The molecule has 2 N–H and O–H groups in total. The van der Waals surface area contributed by atoms with Gasteiger partial charge >= 0.3 is 0 Å². The Balaban J connectivity index is 1.81. The Hall–Kier alpha value is -1.79. The molecule has 2 amide bonds. The number of benzene rings is 1. The summed E-state index contributed by atoms with van der Waals surface area (Å²) >= 11 is 6.48. The molecule has 31 heavy (non-hydrogen) atoms. The van der Waals surface area contributed by atoms with Crippen LogP contribution in [0.5, 0.6) is 0 Å². The molecule has 0 spiro atoms. The minimum absolute atomic E-state index is 0.0192. The van der Waals surface area contributed by atoms with Gasteiger partial charge in [0.2, 0.25) is 5.91 Å². The number of amides is 2. The van der Waals surface area contributed by atoms with Crippen LogP contribution in [0, 0.1) is 11.8 Å². The molecule has 2 heterocycles. The maximum absolute atomic E-state index is 13.2. The molecule has 2 aliphatic rings. The van der Waals surface area contributed by atoms with Crippen molar-refractivity contribution in [3.05, 3.63) is 28.3 Å². The molecule has 3 unspecified atom stereocenters. The Morgan fingerprint density at radius 1 is 1.26 bits per heavy atom. The van der Waals surface area contributed by atoms with Crippen LogP contribution in [0.15, 0.2) is 12.1 Å². The van der Waals surface area contributed by atoms with Gasteiger partial charge in [0.1, 0.15) is 0 Å². The van der Waals surface area contributed by atoms with E-state index >= 15 is 0 Å². The number of rotatable bonds is 7. The lowest BCUT2D eigenvalue weighted by molar-refractivity contribution is -0.129. The van der Waals surface area contributed by atoms with E-state index in [0.717, 1.165) is 56.7 Å². The smallest absolute Gasteiger partial charge is 0.251 e. The highest BCUT2D eigenvalue weighted by molar-refractivity contribution is 6.31. The van der Waals surface area contributed by atoms with Crippen molar-refractivity contribution in [3.8, 4) is 0 Å². The molecule has 7 heteroatoms. The summed E-state index contributed by atoms with van der Waals surface area (Å²) in [6.45, 7) is 11.0. The summed E-state index contributed by atoms with van der Waals surface area (Å²) in [6, 6.07) is 4.30. The molecule has 2 aliphatic heterocycles. The topological polar surface area (TPSA) is 70.7 Å². The summed E-state index contributed by atoms with van der Waals surface area (Å²) in [7, 11) is 0. The number of carbonyl (C=O) groups is 2. The third kappa shape index (κ3) is 5.53. The number of hydrogen-bond acceptors (Lipinski definition) is 4. The number of hydrogen-bond donors (Lipinski definition) is 2. The molecule has 3 atom stereocenters. The van der Waals surface area contributed by atoms with Crippen molar-refractivity contribution >= 4 is 29.1 Å². The molecule has 0 aliphatic carbocycles. The zero-order valence-corrected chi connectivity index (χ0v) is 19.9. The molecule has 172 valence electrons. The van der Waals surface area contributed by atoms with Crippen LogP contribution in [0.4, 0.5) is 5.69 Å². The number of nitrogens with zero attached hydrogens (tertiary/aromatic N) is 1. The molecule has 0 aromatic heterocycles. The number of nitrogens with one attached hydrogen (secondary N) is 2. The Bertz CT molecular complexity index is 795. The van der Waals surface area contributed by atoms with Gasteiger partial charge in [-0.05, 0) is 63.1 Å². The van der Waals surface area contributed by atoms with Crippen LogP contribution in [0.3, 0.4) is 0 Å². The van der Waals surface area contributed by atoms with E-state index in [4.69, 9.17) is 16.3 Å². The molecule has 0 bridgehead atoms. The average molecular weight is 450 g/mol. The van der Waals surface area contributed by atoms with Crippen LogP contribution in [0.25, 0.3) is 0 Å². The molecule has 0 saturated carbocycles. The fraction of sp³-hybridized carbons (Fsp3) is 0.667. The molecule has 2 saturated heterocycles. The Morgan fingerprint density at radius 2 is 1.97 bits per heavy atom. The highest BCUT2D eigenvalue weighted by atomic mass is 35.5. The SMILES string of the molecule is CCc1c(C(=O)NCC2C(=O)NC(C)CC2C)cc(Cl)cc1N(CC)C1CCOCC1. The first-order valence-corrected chi connectivity index (χ1v) is 12.0. The number of piperidine rings is 1. The van der Waals surface area contributed by atoms with Crippen molar-refractivity contribution in [2.75, 3.05) is 31.2 Å². The van der Waals surface area contributed by atoms with Crippen LogP contribution in [-0.2, 0) is 16.0 Å². The van der Waals surface area contributed by atoms with Gasteiger partial charge in [-0.15, -0.1) is 0 Å². The molecular weight excluding hydrogens is 414 g/mol. The van der Waals surface area contributed by atoms with E-state index in [1.54, 1.807) is 6.07 Å². The van der Waals surface area contributed by atoms with Gasteiger partial charge in [0.25, 0.3) is 5.91 Å². The second-order valence-corrected chi connectivity index (χ2v) is 9.31. The van der Waals surface area contributed by atoms with Gasteiger partial charge < -0.3 is 20.3 Å². The summed E-state index contributed by atoms with van der Waals surface area (Å²) in [6.07, 6.45) is 3.59. The Kier molecular flexibility index (Phi) is 8.23. The third-order valence-electron chi connectivity index (χ3n) is 6.69. The first-order valence-electron chi connectivity index (χ1n) is 11.6. The molecule has 0 radical (unpaired) electrons. The van der Waals surface area contributed by atoms with Crippen molar-refractivity contribution in [1.29, 1.82) is 0 Å². The van der Waals surface area contributed by atoms with Gasteiger partial charge in [-0.3, -0.25) is 9.59 Å². The van der Waals surface area contributed by atoms with Gasteiger partial charge in [-0.2, -0.15) is 0 Å². The van der Waals surface area contributed by atoms with Crippen molar-refractivity contribution in [1.82, 2.24) is 10.6 Å². The lowest BCUT2D eigenvalue weighted by Crippen LogP contribution is -2.50. The lowest BCUT2D eigenvalue weighted by Gasteiger charge is -2.37. The monoisotopic (exact) mass is 449 g/mol. The summed E-state index contributed by atoms with van der Waals surface area (Å²) < 4.78 is 5.54. The zero-order chi connectivity index (χ0) is 22.5. The fourth-order valence-corrected chi connectivity index (χ4v) is 5.27. The average Bonchev–Trinajstić information content (AvgIpc) is 2.73. The normalized spacial score (nSPS) is 24.5. The van der Waals surface area contributed by atoms with Gasteiger partial charge in [0.05, 0.1) is 5.92 Å². The Morgan fingerprint density at radius 3 is 2.58 bits per heavy atom. The van der Waals surface area contributed by atoms with Crippen molar-refractivity contribution in [3.63, 3.8) is 0 Å². The van der Waals surface area contributed by atoms with E-state index in [1.165, 1.54) is 0 Å². The van der Waals surface area contributed by atoms with Crippen LogP contribution in [-0.4, -0.2) is 50.2 Å².